The van der Waals surface area contributed by atoms with Crippen LogP contribution in [-0.4, -0.2) is 58.0 Å². The molecule has 38 heavy (non-hydrogen) atoms. The Labute approximate surface area is 240 Å². The molecular weight excluding hydrogens is 623 g/mol. The number of rotatable bonds is 6. The Balaban J connectivity index is 1.92. The number of anilines is 1. The molecule has 9 nitrogen and oxygen atoms in total. The van der Waals surface area contributed by atoms with Gasteiger partial charge >= 0.3 is 18.4 Å². The number of hydrogen-bond donors (Lipinski definition) is 2. The van der Waals surface area contributed by atoms with Crippen LogP contribution in [0.4, 0.5) is 10.5 Å². The van der Waals surface area contributed by atoms with Gasteiger partial charge in [0.05, 0.1) is 12.1 Å². The van der Waals surface area contributed by atoms with Crippen LogP contribution in [0.3, 0.4) is 0 Å². The van der Waals surface area contributed by atoms with Gasteiger partial charge in [-0.15, -0.1) is 4.59 Å². The first-order chi connectivity index (χ1) is 17.9. The van der Waals surface area contributed by atoms with Crippen LogP contribution in [0.5, 0.6) is 0 Å². The van der Waals surface area contributed by atoms with Crippen molar-refractivity contribution >= 4 is 64.1 Å². The van der Waals surface area contributed by atoms with Gasteiger partial charge < -0.3 is 15.0 Å². The number of ether oxygens (including phenoxy) is 1. The molecule has 2 aromatic rings. The first-order valence-electron chi connectivity index (χ1n) is 12.4. The molecule has 2 unspecified atom stereocenters. The molecule has 11 heteroatoms. The topological polar surface area (TPSA) is 105 Å². The number of halogens is 2. The number of ketones is 1. The number of Topliss-reactive ketones (excluding diaryl/α,β-unsaturated/α-hetero) is 1. The quantitative estimate of drug-likeness (QED) is 0.200. The zero-order chi connectivity index (χ0) is 27.7. The molecule has 0 radical (unpaired) electrons. The highest BCUT2D eigenvalue weighted by molar-refractivity contribution is 14.1. The summed E-state index contributed by atoms with van der Waals surface area (Å²) < 4.78 is 5.57. The highest BCUT2D eigenvalue weighted by atomic mass is 127. The van der Waals surface area contributed by atoms with E-state index in [1.165, 1.54) is 0 Å². The second-order valence-electron chi connectivity index (χ2n) is 10.6. The number of amides is 3. The van der Waals surface area contributed by atoms with Crippen molar-refractivity contribution < 1.29 is 28.5 Å². The van der Waals surface area contributed by atoms with Crippen molar-refractivity contribution in [1.29, 1.82) is 0 Å². The average molecular weight is 654 g/mol. The Morgan fingerprint density at radius 3 is 2.45 bits per heavy atom. The lowest BCUT2D eigenvalue weighted by molar-refractivity contribution is -0.930. The predicted molar refractivity (Wildman–Crippen MR) is 151 cm³/mol. The molecule has 2 atom stereocenters. The van der Waals surface area contributed by atoms with E-state index in [1.807, 2.05) is 24.3 Å². The highest BCUT2D eigenvalue weighted by Crippen LogP contribution is 2.40. The number of nitrogens with one attached hydrogen (secondary N) is 2. The van der Waals surface area contributed by atoms with Crippen LogP contribution < -0.4 is 10.7 Å². The molecule has 0 spiro atoms. The van der Waals surface area contributed by atoms with Crippen LogP contribution >= 0.6 is 34.2 Å². The van der Waals surface area contributed by atoms with Crippen molar-refractivity contribution in [3.05, 3.63) is 62.2 Å². The maximum absolute atomic E-state index is 14.4. The van der Waals surface area contributed by atoms with E-state index in [4.69, 9.17) is 16.3 Å². The van der Waals surface area contributed by atoms with Gasteiger partial charge in [0.25, 0.3) is 5.66 Å². The standard InChI is InChI=1S/C27H30ClIN4O5/c1-26(2,3)38-25(37)31-33(17-34,16-18-6-9-20(29)10-7-18)27(24(36)32-12-4-5-13-32)15-23(35)21-11-8-19(28)14-22(21)30-27/h6-11,14,17H,4-5,12-13,15-16H2,1-3H3,(H-,30,31,35,37)/p+1. The van der Waals surface area contributed by atoms with Crippen LogP contribution in [0.1, 0.15) is 56.0 Å². The fourth-order valence-corrected chi connectivity index (χ4v) is 5.48. The summed E-state index contributed by atoms with van der Waals surface area (Å²) in [4.78, 5) is 56.1. The lowest BCUT2D eigenvalue weighted by atomic mass is 9.88. The Hall–Kier alpha value is -2.70. The lowest BCUT2D eigenvalue weighted by Crippen LogP contribution is -2.79. The molecule has 0 bridgehead atoms. The summed E-state index contributed by atoms with van der Waals surface area (Å²) in [6.07, 6.45) is 0.850. The first kappa shape index (κ1) is 28.3. The zero-order valence-electron chi connectivity index (χ0n) is 21.6. The Morgan fingerprint density at radius 1 is 1.18 bits per heavy atom. The summed E-state index contributed by atoms with van der Waals surface area (Å²) in [5, 5.41) is 3.58. The van der Waals surface area contributed by atoms with Crippen molar-refractivity contribution in [3.8, 4) is 0 Å². The molecular formula is C27H31ClIN4O5+. The number of carbonyl (C=O) groups is 4. The van der Waals surface area contributed by atoms with Crippen LogP contribution in [0.15, 0.2) is 42.5 Å². The molecule has 0 aromatic heterocycles. The van der Waals surface area contributed by atoms with Gasteiger partial charge in [-0.2, -0.15) is 5.43 Å². The lowest BCUT2D eigenvalue weighted by Gasteiger charge is -2.49. The molecule has 4 rings (SSSR count). The monoisotopic (exact) mass is 653 g/mol. The third-order valence-corrected chi connectivity index (χ3v) is 7.64. The largest absolute Gasteiger partial charge is 0.452 e. The second-order valence-corrected chi connectivity index (χ2v) is 12.3. The minimum Gasteiger partial charge on any atom is -0.441 e. The third-order valence-electron chi connectivity index (χ3n) is 6.68. The SMILES string of the molecule is CC(C)(C)OC(=O)N[N+](C=O)(Cc1ccc(I)cc1)C1(C(=O)N2CCCC2)CC(=O)c2ccc(Cl)cc2N1. The number of hydrogen-bond acceptors (Lipinski definition) is 6. The minimum absolute atomic E-state index is 0.116. The molecule has 1 saturated heterocycles. The summed E-state index contributed by atoms with van der Waals surface area (Å²) in [7, 11) is 0. The normalized spacial score (nSPS) is 20.7. The van der Waals surface area contributed by atoms with Gasteiger partial charge in [0.1, 0.15) is 12.1 Å². The number of carbonyl (C=O) groups excluding carboxylic acids is 4. The molecule has 202 valence electrons. The third kappa shape index (κ3) is 5.67. The minimum atomic E-state index is -1.89. The van der Waals surface area contributed by atoms with Crippen LogP contribution in [-0.2, 0) is 20.9 Å². The van der Waals surface area contributed by atoms with Gasteiger partial charge in [-0.25, -0.2) is 9.59 Å². The van der Waals surface area contributed by atoms with E-state index in [0.29, 0.717) is 41.3 Å². The van der Waals surface area contributed by atoms with Gasteiger partial charge in [-0.05, 0) is 86.5 Å². The Morgan fingerprint density at radius 2 is 1.84 bits per heavy atom. The molecule has 2 aliphatic rings. The first-order valence-corrected chi connectivity index (χ1v) is 13.8. The maximum atomic E-state index is 14.4. The fraction of sp³-hybridized carbons (Fsp3) is 0.407. The Kier molecular flexibility index (Phi) is 8.06. The summed E-state index contributed by atoms with van der Waals surface area (Å²) in [6, 6.07) is 12.1. The van der Waals surface area contributed by atoms with Crippen LogP contribution in [0.2, 0.25) is 5.02 Å². The van der Waals surface area contributed by atoms with Crippen molar-refractivity contribution in [2.24, 2.45) is 0 Å². The van der Waals surface area contributed by atoms with Crippen molar-refractivity contribution in [3.63, 3.8) is 0 Å². The van der Waals surface area contributed by atoms with Gasteiger partial charge in [0.2, 0.25) is 0 Å². The predicted octanol–water partition coefficient (Wildman–Crippen LogP) is 4.87. The molecule has 2 N–H and O–H groups in total. The van der Waals surface area contributed by atoms with E-state index < -0.39 is 27.9 Å². The van der Waals surface area contributed by atoms with Crippen LogP contribution in [0.25, 0.3) is 0 Å². The highest BCUT2D eigenvalue weighted by Gasteiger charge is 2.64. The number of fused-ring (bicyclic) bond motifs is 1. The molecule has 0 saturated carbocycles. The van der Waals surface area contributed by atoms with Gasteiger partial charge in [0, 0.05) is 32.8 Å². The smallest absolute Gasteiger partial charge is 0.441 e. The average Bonchev–Trinajstić information content (AvgIpc) is 3.37. The molecule has 1 fully saturated rings. The molecule has 2 heterocycles. The van der Waals surface area contributed by atoms with E-state index in [0.717, 1.165) is 16.4 Å². The second kappa shape index (κ2) is 10.8. The fourth-order valence-electron chi connectivity index (χ4n) is 4.95. The summed E-state index contributed by atoms with van der Waals surface area (Å²) >= 11 is 8.43. The van der Waals surface area contributed by atoms with Crippen molar-refractivity contribution in [2.75, 3.05) is 18.4 Å². The van der Waals surface area contributed by atoms with Crippen molar-refractivity contribution in [2.45, 2.75) is 57.8 Å². The molecule has 0 aliphatic carbocycles. The number of likely N-dealkylation sites (tertiary alicyclic amines) is 1. The van der Waals surface area contributed by atoms with Crippen LogP contribution in [0, 0.1) is 3.57 Å². The number of quaternary nitrogens is 1. The van der Waals surface area contributed by atoms with Gasteiger partial charge in [-0.1, -0.05) is 23.7 Å². The summed E-state index contributed by atoms with van der Waals surface area (Å²) in [5.74, 6) is -0.802. The molecule has 3 amide bonds. The molecule has 2 aliphatic heterocycles. The maximum Gasteiger partial charge on any atom is 0.452 e. The van der Waals surface area contributed by atoms with E-state index in [9.17, 15) is 19.2 Å². The van der Waals surface area contributed by atoms with E-state index in [1.54, 1.807) is 43.9 Å². The summed E-state index contributed by atoms with van der Waals surface area (Å²) in [5.41, 5.74) is 1.29. The van der Waals surface area contributed by atoms with E-state index in [2.05, 4.69) is 33.3 Å². The van der Waals surface area contributed by atoms with Gasteiger partial charge in [0.15, 0.2) is 5.78 Å². The van der Waals surface area contributed by atoms with Crippen molar-refractivity contribution in [1.82, 2.24) is 10.3 Å². The number of nitrogens with zero attached hydrogens (tertiary/aromatic N) is 2. The van der Waals surface area contributed by atoms with Gasteiger partial charge in [-0.3, -0.25) is 9.59 Å². The Bertz CT molecular complexity index is 1260. The van der Waals surface area contributed by atoms with E-state index in [-0.39, 0.29) is 18.7 Å². The molecule has 2 aromatic carbocycles. The zero-order valence-corrected chi connectivity index (χ0v) is 24.5. The van der Waals surface area contributed by atoms with E-state index >= 15 is 0 Å². The number of benzene rings is 2. The summed E-state index contributed by atoms with van der Waals surface area (Å²) in [6.45, 7) is 5.95.